The zero-order valence-corrected chi connectivity index (χ0v) is 15.7. The molecular formula is C17H36NNaO4S. The monoisotopic (exact) mass is 373 g/mol. The average molecular weight is 374 g/mol. The van der Waals surface area contributed by atoms with Crippen molar-refractivity contribution in [2.24, 2.45) is 5.73 Å². The number of Topliss-reactive ketones (excluding diaryl/α,β-unsaturated/α-hetero) is 1. The van der Waals surface area contributed by atoms with Gasteiger partial charge in [0.2, 0.25) is 0 Å². The summed E-state index contributed by atoms with van der Waals surface area (Å²) >= 11 is 0. The van der Waals surface area contributed by atoms with Crippen LogP contribution in [0.4, 0.5) is 0 Å². The molecule has 0 aliphatic heterocycles. The third-order valence-corrected chi connectivity index (χ3v) is 5.80. The van der Waals surface area contributed by atoms with Crippen molar-refractivity contribution >= 4 is 45.5 Å². The maximum atomic E-state index is 11.9. The van der Waals surface area contributed by atoms with Gasteiger partial charge in [0, 0.05) is 13.0 Å². The van der Waals surface area contributed by atoms with Crippen LogP contribution in [0.25, 0.3) is 0 Å². The van der Waals surface area contributed by atoms with Gasteiger partial charge in [0.15, 0.2) is 11.0 Å². The summed E-state index contributed by atoms with van der Waals surface area (Å²) in [6, 6.07) is 0. The first-order valence-electron chi connectivity index (χ1n) is 9.01. The molecule has 0 rings (SSSR count). The van der Waals surface area contributed by atoms with Crippen LogP contribution in [0.1, 0.15) is 84.0 Å². The molecular weight excluding hydrogens is 337 g/mol. The molecule has 2 N–H and O–H groups in total. The summed E-state index contributed by atoms with van der Waals surface area (Å²) in [6.45, 7) is 2.01. The first-order chi connectivity index (χ1) is 11.0. The van der Waals surface area contributed by atoms with Crippen molar-refractivity contribution in [3.05, 3.63) is 0 Å². The van der Waals surface area contributed by atoms with Crippen molar-refractivity contribution in [2.45, 2.75) is 89.2 Å². The van der Waals surface area contributed by atoms with Crippen LogP contribution in [0.15, 0.2) is 0 Å². The summed E-state index contributed by atoms with van der Waals surface area (Å²) in [6.07, 6.45) is 13.5. The van der Waals surface area contributed by atoms with Crippen molar-refractivity contribution in [1.29, 1.82) is 0 Å². The van der Waals surface area contributed by atoms with E-state index < -0.39 is 15.4 Å². The molecule has 7 heteroatoms. The summed E-state index contributed by atoms with van der Waals surface area (Å²) in [5, 5.41) is -1.21. The van der Waals surface area contributed by atoms with Crippen LogP contribution in [0.3, 0.4) is 0 Å². The molecule has 1 atom stereocenters. The molecule has 140 valence electrons. The summed E-state index contributed by atoms with van der Waals surface area (Å²) in [4.78, 5) is 11.9. The van der Waals surface area contributed by atoms with E-state index in [0.717, 1.165) is 26.4 Å². The van der Waals surface area contributed by atoms with E-state index in [-0.39, 0.29) is 48.3 Å². The molecule has 24 heavy (non-hydrogen) atoms. The van der Waals surface area contributed by atoms with Gasteiger partial charge < -0.3 is 5.73 Å². The number of rotatable bonds is 16. The number of hydrogen-bond donors (Lipinski definition) is 1. The molecule has 0 spiro atoms. The number of carbonyl (C=O) groups excluding carboxylic acids is 1. The Hall–Kier alpha value is 0.540. The quantitative estimate of drug-likeness (QED) is 0.255. The molecule has 0 bridgehead atoms. The second-order valence-corrected chi connectivity index (χ2v) is 8.02. The molecule has 0 heterocycles. The van der Waals surface area contributed by atoms with Gasteiger partial charge in [-0.2, -0.15) is 8.42 Å². The van der Waals surface area contributed by atoms with E-state index in [1.165, 1.54) is 51.4 Å². The van der Waals surface area contributed by atoms with Gasteiger partial charge in [-0.15, -0.1) is 0 Å². The predicted octanol–water partition coefficient (Wildman–Crippen LogP) is 2.91. The van der Waals surface area contributed by atoms with Gasteiger partial charge in [-0.1, -0.05) is 71.1 Å². The van der Waals surface area contributed by atoms with Gasteiger partial charge in [-0.3, -0.25) is 8.98 Å². The Morgan fingerprint density at radius 2 is 1.33 bits per heavy atom. The van der Waals surface area contributed by atoms with Gasteiger partial charge in [-0.05, 0) is 6.42 Å². The number of ketones is 1. The van der Waals surface area contributed by atoms with Gasteiger partial charge in [0.25, 0.3) is 10.1 Å². The summed E-state index contributed by atoms with van der Waals surface area (Å²) in [7, 11) is -2.79. The third kappa shape index (κ3) is 12.8. The van der Waals surface area contributed by atoms with E-state index in [9.17, 15) is 13.2 Å². The van der Waals surface area contributed by atoms with E-state index in [1.54, 1.807) is 0 Å². The Morgan fingerprint density at radius 1 is 0.917 bits per heavy atom. The van der Waals surface area contributed by atoms with Crippen molar-refractivity contribution in [2.75, 3.05) is 13.7 Å². The molecule has 1 unspecified atom stereocenters. The van der Waals surface area contributed by atoms with Gasteiger partial charge in [0.05, 0.1) is 7.11 Å². The molecule has 5 nitrogen and oxygen atoms in total. The summed E-state index contributed by atoms with van der Waals surface area (Å²) in [5.41, 5.74) is 5.38. The Bertz CT molecular complexity index is 401. The van der Waals surface area contributed by atoms with Crippen LogP contribution < -0.4 is 5.73 Å². The first-order valence-corrected chi connectivity index (χ1v) is 10.5. The minimum atomic E-state index is -3.85. The second-order valence-electron chi connectivity index (χ2n) is 6.14. The number of unbranched alkanes of at least 4 members (excludes halogenated alkanes) is 10. The van der Waals surface area contributed by atoms with E-state index in [0.29, 0.717) is 0 Å². The number of nitrogens with two attached hydrogens (primary N) is 1. The standard InChI is InChI=1S/C17H35NO4S.Na.H/c1-3-4-5-6-7-8-9-10-11-12-13-14-16(19)17(15-18)23(20,21)22-2;;/h17H,3-15,18H2,1-2H3;;. The van der Waals surface area contributed by atoms with Crippen molar-refractivity contribution in [1.82, 2.24) is 0 Å². The minimum absolute atomic E-state index is 0. The fourth-order valence-corrected chi connectivity index (χ4v) is 3.56. The molecule has 0 radical (unpaired) electrons. The first kappa shape index (κ1) is 26.8. The molecule has 0 aromatic heterocycles. The Morgan fingerprint density at radius 3 is 1.71 bits per heavy atom. The van der Waals surface area contributed by atoms with Crippen molar-refractivity contribution in [3.8, 4) is 0 Å². The zero-order valence-electron chi connectivity index (χ0n) is 14.9. The van der Waals surface area contributed by atoms with Gasteiger partial charge in [0.1, 0.15) is 0 Å². The molecule has 0 saturated heterocycles. The van der Waals surface area contributed by atoms with Crippen molar-refractivity contribution in [3.63, 3.8) is 0 Å². The van der Waals surface area contributed by atoms with Crippen LogP contribution in [0.5, 0.6) is 0 Å². The Balaban J connectivity index is 0. The van der Waals surface area contributed by atoms with E-state index in [1.807, 2.05) is 0 Å². The normalized spacial score (nSPS) is 12.6. The van der Waals surface area contributed by atoms with Gasteiger partial charge >= 0.3 is 29.6 Å². The molecule has 0 aliphatic rings. The zero-order chi connectivity index (χ0) is 17.6. The summed E-state index contributed by atoms with van der Waals surface area (Å²) in [5.74, 6) is -0.328. The maximum absolute atomic E-state index is 11.9. The van der Waals surface area contributed by atoms with E-state index >= 15 is 0 Å². The molecule has 0 aromatic rings. The predicted molar refractivity (Wildman–Crippen MR) is 102 cm³/mol. The molecule has 0 fully saturated rings. The van der Waals surface area contributed by atoms with Crippen LogP contribution in [-0.4, -0.2) is 62.7 Å². The molecule has 0 aromatic carbocycles. The number of hydrogen-bond acceptors (Lipinski definition) is 5. The molecule has 0 saturated carbocycles. The van der Waals surface area contributed by atoms with Crippen LogP contribution in [-0.2, 0) is 19.1 Å². The molecule has 0 amide bonds. The van der Waals surface area contributed by atoms with E-state index in [2.05, 4.69) is 11.1 Å². The SMILES string of the molecule is CCCCCCCCCCCCCC(=O)C(CN)S(=O)(=O)OC.[NaH]. The molecule has 0 aliphatic carbocycles. The Labute approximate surface area is 170 Å². The van der Waals surface area contributed by atoms with Crippen molar-refractivity contribution < 1.29 is 17.4 Å². The fourth-order valence-electron chi connectivity index (χ4n) is 2.65. The van der Waals surface area contributed by atoms with Crippen LogP contribution in [0.2, 0.25) is 0 Å². The number of carbonyl (C=O) groups is 1. The topological polar surface area (TPSA) is 86.5 Å². The van der Waals surface area contributed by atoms with Crippen LogP contribution in [0, 0.1) is 0 Å². The fraction of sp³-hybridized carbons (Fsp3) is 0.941. The second kappa shape index (κ2) is 17.0. The third-order valence-electron chi connectivity index (χ3n) is 4.18. The van der Waals surface area contributed by atoms with Crippen LogP contribution >= 0.6 is 0 Å². The van der Waals surface area contributed by atoms with Gasteiger partial charge in [-0.25, -0.2) is 0 Å². The average Bonchev–Trinajstić information content (AvgIpc) is 2.53. The Kier molecular flexibility index (Phi) is 18.9. The summed E-state index contributed by atoms with van der Waals surface area (Å²) < 4.78 is 27.5. The van der Waals surface area contributed by atoms with E-state index in [4.69, 9.17) is 5.73 Å².